The van der Waals surface area contributed by atoms with Crippen molar-refractivity contribution in [3.05, 3.63) is 95.1 Å². The molecule has 2 N–H and O–H groups in total. The van der Waals surface area contributed by atoms with Crippen LogP contribution in [0.15, 0.2) is 83.4 Å². The van der Waals surface area contributed by atoms with Gasteiger partial charge in [0.25, 0.3) is 5.91 Å². The van der Waals surface area contributed by atoms with Gasteiger partial charge < -0.3 is 15.2 Å². The van der Waals surface area contributed by atoms with Crippen LogP contribution in [0.2, 0.25) is 0 Å². The van der Waals surface area contributed by atoms with Gasteiger partial charge in [0, 0.05) is 6.07 Å². The first-order valence-corrected chi connectivity index (χ1v) is 10.0. The van der Waals surface area contributed by atoms with Gasteiger partial charge >= 0.3 is 0 Å². The molecule has 0 bridgehead atoms. The van der Waals surface area contributed by atoms with Gasteiger partial charge in [-0.1, -0.05) is 42.5 Å². The van der Waals surface area contributed by atoms with Crippen LogP contribution in [0.25, 0.3) is 6.08 Å². The number of amides is 1. The highest BCUT2D eigenvalue weighted by molar-refractivity contribution is 6.33. The number of carbonyl (C=O) groups is 1. The summed E-state index contributed by atoms with van der Waals surface area (Å²) in [4.78, 5) is 18.6. The van der Waals surface area contributed by atoms with E-state index in [0.717, 1.165) is 11.1 Å². The molecule has 0 saturated carbocycles. The van der Waals surface area contributed by atoms with Crippen LogP contribution in [0, 0.1) is 11.3 Å². The maximum atomic E-state index is 12.6. The topological polar surface area (TPSA) is 98.0 Å². The lowest BCUT2D eigenvalue weighted by Gasteiger charge is -2.35. The quantitative estimate of drug-likeness (QED) is 0.671. The van der Waals surface area contributed by atoms with Gasteiger partial charge in [-0.3, -0.25) is 9.69 Å². The zero-order chi connectivity index (χ0) is 22.1. The number of anilines is 2. The lowest BCUT2D eigenvalue weighted by molar-refractivity contribution is -0.120. The molecule has 2 heterocycles. The minimum absolute atomic E-state index is 0.309. The minimum Gasteiger partial charge on any atom is -0.489 e. The summed E-state index contributed by atoms with van der Waals surface area (Å²) in [5, 5.41) is 21.9. The molecule has 0 fully saturated rings. The molecule has 3 aromatic rings. The second-order valence-electron chi connectivity index (χ2n) is 7.35. The first-order valence-electron chi connectivity index (χ1n) is 10.0. The molecule has 3 aromatic carbocycles. The van der Waals surface area contributed by atoms with Crippen molar-refractivity contribution in [2.24, 2.45) is 4.99 Å². The molecule has 1 unspecified atom stereocenters. The van der Waals surface area contributed by atoms with Crippen molar-refractivity contribution in [1.29, 1.82) is 5.26 Å². The van der Waals surface area contributed by atoms with Gasteiger partial charge in [-0.05, 0) is 41.5 Å². The third-order valence-corrected chi connectivity index (χ3v) is 5.23. The summed E-state index contributed by atoms with van der Waals surface area (Å²) >= 11 is 0. The maximum absolute atomic E-state index is 12.6. The fourth-order valence-electron chi connectivity index (χ4n) is 3.74. The fourth-order valence-corrected chi connectivity index (χ4v) is 3.74. The smallest absolute Gasteiger partial charge is 0.258 e. The average molecular weight is 422 g/mol. The van der Waals surface area contributed by atoms with E-state index < -0.39 is 12.3 Å². The van der Waals surface area contributed by atoms with Gasteiger partial charge in [-0.2, -0.15) is 5.26 Å². The molecular weight excluding hydrogens is 404 g/mol. The van der Waals surface area contributed by atoms with Crippen molar-refractivity contribution in [2.45, 2.75) is 13.0 Å². The summed E-state index contributed by atoms with van der Waals surface area (Å²) < 4.78 is 5.97. The number of hydrogen-bond donors (Lipinski definition) is 2. The lowest BCUT2D eigenvalue weighted by atomic mass is 9.97. The summed E-state index contributed by atoms with van der Waals surface area (Å²) in [7, 11) is 0. The van der Waals surface area contributed by atoms with Gasteiger partial charge in [0.2, 0.25) is 6.35 Å². The maximum Gasteiger partial charge on any atom is 0.258 e. The number of aliphatic hydroxyl groups excluding tert-OH is 1. The van der Waals surface area contributed by atoms with Crippen LogP contribution in [0.3, 0.4) is 0 Å². The van der Waals surface area contributed by atoms with E-state index in [4.69, 9.17) is 4.74 Å². The molecule has 0 aliphatic carbocycles. The SMILES string of the molecule is N#Cc1ccc2c(c1)N(c1cccc(OCc3ccccc3)c1)C1=NC(O)NC(=O)C1=C2. The lowest BCUT2D eigenvalue weighted by Crippen LogP contribution is -2.47. The highest BCUT2D eigenvalue weighted by atomic mass is 16.5. The second kappa shape index (κ2) is 8.02. The molecule has 7 nitrogen and oxygen atoms in total. The predicted molar refractivity (Wildman–Crippen MR) is 120 cm³/mol. The molecule has 2 aliphatic heterocycles. The van der Waals surface area contributed by atoms with Crippen LogP contribution in [0.1, 0.15) is 16.7 Å². The Kier molecular flexibility index (Phi) is 4.90. The Hall–Kier alpha value is -4.41. The van der Waals surface area contributed by atoms with E-state index in [9.17, 15) is 15.2 Å². The van der Waals surface area contributed by atoms with Gasteiger partial charge in [-0.15, -0.1) is 0 Å². The zero-order valence-electron chi connectivity index (χ0n) is 16.9. The Labute approximate surface area is 184 Å². The monoisotopic (exact) mass is 422 g/mol. The molecule has 0 saturated heterocycles. The molecular formula is C25H18N4O3. The number of nitrogens with zero attached hydrogens (tertiary/aromatic N) is 3. The van der Waals surface area contributed by atoms with E-state index in [2.05, 4.69) is 16.4 Å². The third kappa shape index (κ3) is 3.60. The van der Waals surface area contributed by atoms with Crippen LogP contribution in [0.5, 0.6) is 5.75 Å². The second-order valence-corrected chi connectivity index (χ2v) is 7.35. The number of aliphatic hydroxyl groups is 1. The van der Waals surface area contributed by atoms with Crippen LogP contribution < -0.4 is 15.0 Å². The number of nitrogens with one attached hydrogen (secondary N) is 1. The van der Waals surface area contributed by atoms with Crippen LogP contribution in [-0.4, -0.2) is 23.2 Å². The summed E-state index contributed by atoms with van der Waals surface area (Å²) in [6, 6.07) is 24.6. The first kappa shape index (κ1) is 19.5. The Morgan fingerprint density at radius 1 is 1.09 bits per heavy atom. The number of ether oxygens (including phenoxy) is 1. The van der Waals surface area contributed by atoms with Crippen molar-refractivity contribution in [3.63, 3.8) is 0 Å². The van der Waals surface area contributed by atoms with Crippen molar-refractivity contribution >= 4 is 29.2 Å². The highest BCUT2D eigenvalue weighted by Crippen LogP contribution is 2.39. The number of amidine groups is 1. The number of hydrogen-bond acceptors (Lipinski definition) is 6. The normalized spacial score (nSPS) is 16.7. The molecule has 0 radical (unpaired) electrons. The Balaban J connectivity index is 1.58. The molecule has 2 aliphatic rings. The van der Waals surface area contributed by atoms with Crippen molar-refractivity contribution in [3.8, 4) is 11.8 Å². The van der Waals surface area contributed by atoms with Crippen molar-refractivity contribution in [1.82, 2.24) is 5.32 Å². The molecule has 1 atom stereocenters. The number of benzene rings is 3. The van der Waals surface area contributed by atoms with E-state index >= 15 is 0 Å². The van der Waals surface area contributed by atoms with Gasteiger partial charge in [0.1, 0.15) is 18.2 Å². The Morgan fingerprint density at radius 3 is 2.75 bits per heavy atom. The van der Waals surface area contributed by atoms with E-state index in [1.807, 2.05) is 54.6 Å². The average Bonchev–Trinajstić information content (AvgIpc) is 2.82. The summed E-state index contributed by atoms with van der Waals surface area (Å²) in [6.45, 7) is 0.409. The number of fused-ring (bicyclic) bond motifs is 2. The summed E-state index contributed by atoms with van der Waals surface area (Å²) in [5.74, 6) is 0.532. The van der Waals surface area contributed by atoms with Crippen molar-refractivity contribution in [2.75, 3.05) is 4.90 Å². The number of rotatable bonds is 4. The largest absolute Gasteiger partial charge is 0.489 e. The third-order valence-electron chi connectivity index (χ3n) is 5.23. The Morgan fingerprint density at radius 2 is 1.94 bits per heavy atom. The predicted octanol–water partition coefficient (Wildman–Crippen LogP) is 3.48. The van der Waals surface area contributed by atoms with Crippen LogP contribution >= 0.6 is 0 Å². The zero-order valence-corrected chi connectivity index (χ0v) is 16.9. The number of aliphatic imine (C=N–C) groups is 1. The molecule has 0 spiro atoms. The van der Waals surface area contributed by atoms with E-state index in [0.29, 0.717) is 40.7 Å². The van der Waals surface area contributed by atoms with Crippen LogP contribution in [0.4, 0.5) is 11.4 Å². The van der Waals surface area contributed by atoms with E-state index in [-0.39, 0.29) is 0 Å². The molecule has 5 rings (SSSR count). The van der Waals surface area contributed by atoms with Gasteiger partial charge in [0.05, 0.1) is 28.6 Å². The molecule has 156 valence electrons. The fraction of sp³-hybridized carbons (Fsp3) is 0.0800. The summed E-state index contributed by atoms with van der Waals surface area (Å²) in [5.41, 5.74) is 4.00. The number of nitriles is 1. The van der Waals surface area contributed by atoms with Crippen LogP contribution in [-0.2, 0) is 11.4 Å². The molecule has 0 aromatic heterocycles. The Bertz CT molecular complexity index is 1310. The van der Waals surface area contributed by atoms with E-state index in [1.165, 1.54) is 0 Å². The first-order chi connectivity index (χ1) is 15.6. The molecule has 7 heteroatoms. The highest BCUT2D eigenvalue weighted by Gasteiger charge is 2.34. The van der Waals surface area contributed by atoms with E-state index in [1.54, 1.807) is 29.2 Å². The van der Waals surface area contributed by atoms with Gasteiger partial charge in [0.15, 0.2) is 0 Å². The number of carbonyl (C=O) groups excluding carboxylic acids is 1. The standard InChI is InChI=1S/C25H18N4O3/c26-14-17-9-10-18-12-21-23(27-25(31)28-24(21)30)29(22(18)11-17)19-7-4-8-20(13-19)32-15-16-5-2-1-3-6-16/h1-13,25,31H,15H2,(H,28,30). The molecule has 32 heavy (non-hydrogen) atoms. The van der Waals surface area contributed by atoms with Gasteiger partial charge in [-0.25, -0.2) is 4.99 Å². The van der Waals surface area contributed by atoms with Crippen molar-refractivity contribution < 1.29 is 14.6 Å². The minimum atomic E-state index is -1.35. The summed E-state index contributed by atoms with van der Waals surface area (Å²) in [6.07, 6.45) is 0.360. The molecule has 1 amide bonds.